The minimum Gasteiger partial charge on any atom is -0.465 e. The largest absolute Gasteiger partial charge is 0.465 e. The van der Waals surface area contributed by atoms with Crippen LogP contribution in [0.5, 0.6) is 0 Å². The molecule has 1 N–H and O–H groups in total. The van der Waals surface area contributed by atoms with Crippen LogP contribution >= 0.6 is 23.2 Å². The van der Waals surface area contributed by atoms with Gasteiger partial charge in [0.15, 0.2) is 0 Å². The van der Waals surface area contributed by atoms with Crippen LogP contribution in [0.4, 0.5) is 13.6 Å². The number of nitrogens with one attached hydrogen (secondary N) is 1. The second-order valence-corrected chi connectivity index (χ2v) is 11.1. The molecule has 0 spiro atoms. The van der Waals surface area contributed by atoms with Crippen LogP contribution in [0.1, 0.15) is 51.3 Å². The molecule has 3 unspecified atom stereocenters. The van der Waals surface area contributed by atoms with Gasteiger partial charge in [-0.2, -0.15) is 5.26 Å². The fraction of sp³-hybridized carbons (Fsp3) is 0.444. The molecule has 37 heavy (non-hydrogen) atoms. The van der Waals surface area contributed by atoms with Crippen LogP contribution in [0, 0.1) is 34.3 Å². The van der Waals surface area contributed by atoms with E-state index in [1.807, 2.05) is 20.8 Å². The zero-order valence-electron chi connectivity index (χ0n) is 21.1. The molecule has 1 saturated heterocycles. The normalized spacial score (nSPS) is 21.4. The van der Waals surface area contributed by atoms with Gasteiger partial charge in [-0.15, -0.1) is 0 Å². The van der Waals surface area contributed by atoms with Gasteiger partial charge in [-0.05, 0) is 37.0 Å². The number of rotatable bonds is 6. The van der Waals surface area contributed by atoms with Crippen molar-refractivity contribution >= 4 is 35.2 Å². The van der Waals surface area contributed by atoms with Crippen molar-refractivity contribution in [1.29, 1.82) is 5.26 Å². The average molecular weight is 552 g/mol. The Morgan fingerprint density at radius 1 is 1.24 bits per heavy atom. The molecule has 3 atom stereocenters. The van der Waals surface area contributed by atoms with E-state index < -0.39 is 47.6 Å². The summed E-state index contributed by atoms with van der Waals surface area (Å²) in [5.74, 6) is -2.82. The van der Waals surface area contributed by atoms with Crippen molar-refractivity contribution in [2.75, 3.05) is 19.7 Å². The lowest BCUT2D eigenvalue weighted by Gasteiger charge is -2.38. The van der Waals surface area contributed by atoms with E-state index in [-0.39, 0.29) is 39.7 Å². The number of carbonyl (C=O) groups excluding carboxylic acids is 2. The number of hydrogen-bond acceptors (Lipinski definition) is 4. The summed E-state index contributed by atoms with van der Waals surface area (Å²) in [6, 6.07) is 8.55. The zero-order chi connectivity index (χ0) is 27.5. The summed E-state index contributed by atoms with van der Waals surface area (Å²) in [6.07, 6.45) is 0.406. The van der Waals surface area contributed by atoms with Crippen molar-refractivity contribution < 1.29 is 23.1 Å². The second kappa shape index (κ2) is 11.2. The molecule has 1 aliphatic rings. The van der Waals surface area contributed by atoms with Crippen LogP contribution in [0.15, 0.2) is 36.4 Å². The van der Waals surface area contributed by atoms with Crippen molar-refractivity contribution in [3.8, 4) is 6.07 Å². The number of carbonyl (C=O) groups is 2. The summed E-state index contributed by atoms with van der Waals surface area (Å²) in [4.78, 5) is 26.6. The topological polar surface area (TPSA) is 82.4 Å². The van der Waals surface area contributed by atoms with E-state index in [1.54, 1.807) is 6.92 Å². The van der Waals surface area contributed by atoms with Gasteiger partial charge in [0.2, 0.25) is 0 Å². The third-order valence-corrected chi connectivity index (χ3v) is 6.98. The molecule has 6 nitrogen and oxygen atoms in total. The number of nitriles is 1. The monoisotopic (exact) mass is 551 g/mol. The fourth-order valence-corrected chi connectivity index (χ4v) is 5.47. The third-order valence-electron chi connectivity index (χ3n) is 6.45. The zero-order valence-corrected chi connectivity index (χ0v) is 22.6. The molecule has 1 heterocycles. The Bertz CT molecular complexity index is 1230. The molecule has 1 fully saturated rings. The van der Waals surface area contributed by atoms with Gasteiger partial charge in [0.25, 0.3) is 0 Å². The minimum absolute atomic E-state index is 0.00119. The number of ether oxygens (including phenoxy) is 1. The number of halogens is 4. The van der Waals surface area contributed by atoms with Crippen LogP contribution in [-0.2, 0) is 14.9 Å². The van der Waals surface area contributed by atoms with E-state index in [0.717, 1.165) is 6.07 Å². The van der Waals surface area contributed by atoms with Gasteiger partial charge in [0.1, 0.15) is 23.6 Å². The van der Waals surface area contributed by atoms with Crippen molar-refractivity contribution in [1.82, 2.24) is 10.2 Å². The quantitative estimate of drug-likeness (QED) is 0.420. The standard InChI is InChI=1S/C27H29Cl2F2N3O3/c1-5-37-22(35)13-33-25(36)34-14-16(12-26(2,3)4)27(15-32,19-10-9-17(28)11-21(19)30)24(34)18-7-6-8-20(29)23(18)31/h6-11,16,24H,5,12-14H2,1-4H3,(H,33,36). The van der Waals surface area contributed by atoms with E-state index in [4.69, 9.17) is 27.9 Å². The smallest absolute Gasteiger partial charge is 0.325 e. The Labute approximate surface area is 225 Å². The molecule has 10 heteroatoms. The van der Waals surface area contributed by atoms with Crippen molar-refractivity contribution in [2.45, 2.75) is 45.6 Å². The van der Waals surface area contributed by atoms with E-state index in [0.29, 0.717) is 6.42 Å². The van der Waals surface area contributed by atoms with Crippen LogP contribution in [0.3, 0.4) is 0 Å². The predicted molar refractivity (Wildman–Crippen MR) is 137 cm³/mol. The highest BCUT2D eigenvalue weighted by Crippen LogP contribution is 2.56. The number of urea groups is 1. The van der Waals surface area contributed by atoms with Gasteiger partial charge in [0.05, 0.1) is 23.7 Å². The van der Waals surface area contributed by atoms with Gasteiger partial charge < -0.3 is 15.0 Å². The van der Waals surface area contributed by atoms with Crippen LogP contribution < -0.4 is 5.32 Å². The first-order valence-electron chi connectivity index (χ1n) is 11.9. The van der Waals surface area contributed by atoms with Crippen molar-refractivity contribution in [3.63, 3.8) is 0 Å². The van der Waals surface area contributed by atoms with E-state index >= 15 is 8.78 Å². The number of amides is 2. The molecular weight excluding hydrogens is 523 g/mol. The maximum atomic E-state index is 15.5. The molecule has 3 rings (SSSR count). The first-order chi connectivity index (χ1) is 17.4. The first kappa shape index (κ1) is 28.7. The lowest BCUT2D eigenvalue weighted by molar-refractivity contribution is -0.141. The average Bonchev–Trinajstić information content (AvgIpc) is 3.12. The first-order valence-corrected chi connectivity index (χ1v) is 12.6. The molecule has 198 valence electrons. The van der Waals surface area contributed by atoms with E-state index in [1.165, 1.54) is 35.2 Å². The highest BCUT2D eigenvalue weighted by atomic mass is 35.5. The number of esters is 1. The third kappa shape index (κ3) is 5.83. The minimum atomic E-state index is -1.70. The second-order valence-electron chi connectivity index (χ2n) is 10.2. The number of likely N-dealkylation sites (tertiary alicyclic amines) is 1. The predicted octanol–water partition coefficient (Wildman–Crippen LogP) is 6.41. The molecule has 2 aromatic carbocycles. The molecule has 2 aromatic rings. The highest BCUT2D eigenvalue weighted by molar-refractivity contribution is 6.31. The Morgan fingerprint density at radius 2 is 1.95 bits per heavy atom. The summed E-state index contributed by atoms with van der Waals surface area (Å²) in [5, 5.41) is 13.2. The fourth-order valence-electron chi connectivity index (χ4n) is 5.13. The Morgan fingerprint density at radius 3 is 2.54 bits per heavy atom. The Kier molecular flexibility index (Phi) is 8.71. The van der Waals surface area contributed by atoms with E-state index in [2.05, 4.69) is 11.4 Å². The van der Waals surface area contributed by atoms with Crippen LogP contribution in [0.25, 0.3) is 0 Å². The SMILES string of the molecule is CCOC(=O)CNC(=O)N1CC(CC(C)(C)C)C(C#N)(c2ccc(Cl)cc2F)C1c1cccc(Cl)c1F. The summed E-state index contributed by atoms with van der Waals surface area (Å²) in [7, 11) is 0. The molecule has 0 saturated carbocycles. The maximum absolute atomic E-state index is 15.5. The van der Waals surface area contributed by atoms with Crippen LogP contribution in [0.2, 0.25) is 10.0 Å². The summed E-state index contributed by atoms with van der Waals surface area (Å²) in [5.41, 5.74) is -2.07. The molecule has 1 aliphatic heterocycles. The Balaban J connectivity index is 2.26. The van der Waals surface area contributed by atoms with Gasteiger partial charge in [-0.3, -0.25) is 4.79 Å². The van der Waals surface area contributed by atoms with Crippen molar-refractivity contribution in [2.24, 2.45) is 11.3 Å². The Hall–Kier alpha value is -2.89. The number of benzene rings is 2. The lowest BCUT2D eigenvalue weighted by atomic mass is 9.63. The van der Waals surface area contributed by atoms with Gasteiger partial charge >= 0.3 is 12.0 Å². The molecule has 0 aromatic heterocycles. The molecule has 0 radical (unpaired) electrons. The molecule has 2 amide bonds. The summed E-state index contributed by atoms with van der Waals surface area (Å²) in [6.45, 7) is 7.24. The van der Waals surface area contributed by atoms with Gasteiger partial charge in [-0.25, -0.2) is 13.6 Å². The lowest BCUT2D eigenvalue weighted by Crippen LogP contribution is -2.45. The van der Waals surface area contributed by atoms with Gasteiger partial charge in [0, 0.05) is 28.6 Å². The van der Waals surface area contributed by atoms with Gasteiger partial charge in [-0.1, -0.05) is 62.2 Å². The summed E-state index contributed by atoms with van der Waals surface area (Å²) < 4.78 is 36.0. The van der Waals surface area contributed by atoms with Crippen molar-refractivity contribution in [3.05, 3.63) is 69.2 Å². The maximum Gasteiger partial charge on any atom is 0.325 e. The summed E-state index contributed by atoms with van der Waals surface area (Å²) >= 11 is 12.1. The highest BCUT2D eigenvalue weighted by Gasteiger charge is 2.60. The molecule has 0 aliphatic carbocycles. The molecule has 0 bridgehead atoms. The number of nitrogens with zero attached hydrogens (tertiary/aromatic N) is 2. The van der Waals surface area contributed by atoms with E-state index in [9.17, 15) is 14.9 Å². The molecular formula is C27H29Cl2F2N3O3. The number of hydrogen-bond donors (Lipinski definition) is 1. The van der Waals surface area contributed by atoms with Crippen LogP contribution in [-0.4, -0.2) is 36.6 Å².